The molecule has 0 radical (unpaired) electrons. The van der Waals surface area contributed by atoms with E-state index >= 15 is 0 Å². The van der Waals surface area contributed by atoms with Gasteiger partial charge in [-0.25, -0.2) is 9.79 Å². The molecule has 0 unspecified atom stereocenters. The van der Waals surface area contributed by atoms with E-state index in [0.717, 1.165) is 31.4 Å². The van der Waals surface area contributed by atoms with Crippen LogP contribution in [-0.2, 0) is 11.3 Å². The molecule has 1 aliphatic rings. The van der Waals surface area contributed by atoms with Gasteiger partial charge in [0, 0.05) is 32.7 Å². The number of furan rings is 1. The van der Waals surface area contributed by atoms with Crippen LogP contribution < -0.4 is 5.32 Å². The molecule has 2 heterocycles. The molecule has 1 N–H and O–H groups in total. The largest absolute Gasteiger partial charge is 0.467 e. The first-order valence-electron chi connectivity index (χ1n) is 7.72. The molecule has 0 spiro atoms. The van der Waals surface area contributed by atoms with E-state index in [2.05, 4.69) is 15.2 Å². The second-order valence-corrected chi connectivity index (χ2v) is 4.92. The van der Waals surface area contributed by atoms with Crippen molar-refractivity contribution in [3.05, 3.63) is 24.2 Å². The lowest BCUT2D eigenvalue weighted by Crippen LogP contribution is -2.53. The number of aliphatic imine (C=N–C) groups is 1. The maximum Gasteiger partial charge on any atom is 0.409 e. The van der Waals surface area contributed by atoms with Gasteiger partial charge in [0.1, 0.15) is 12.3 Å². The minimum atomic E-state index is -0.236. The number of nitrogens with zero attached hydrogens (tertiary/aromatic N) is 3. The van der Waals surface area contributed by atoms with Crippen LogP contribution in [0.5, 0.6) is 0 Å². The quantitative estimate of drug-likeness (QED) is 0.445. The molecular weight excluding hydrogens is 411 g/mol. The van der Waals surface area contributed by atoms with Gasteiger partial charge in [0.05, 0.1) is 12.9 Å². The fourth-order valence-corrected chi connectivity index (χ4v) is 2.30. The summed E-state index contributed by atoms with van der Waals surface area (Å²) in [6.07, 6.45) is 1.41. The molecule has 23 heavy (non-hydrogen) atoms. The first-order valence-corrected chi connectivity index (χ1v) is 7.72. The van der Waals surface area contributed by atoms with Crippen LogP contribution in [0.15, 0.2) is 27.8 Å². The molecule has 1 aliphatic heterocycles. The molecular formula is C15H25IN4O3. The third-order valence-corrected chi connectivity index (χ3v) is 3.40. The van der Waals surface area contributed by atoms with Crippen molar-refractivity contribution in [1.82, 2.24) is 15.1 Å². The molecule has 1 aromatic heterocycles. The summed E-state index contributed by atoms with van der Waals surface area (Å²) in [4.78, 5) is 20.2. The number of hydrogen-bond acceptors (Lipinski definition) is 4. The normalized spacial score (nSPS) is 15.1. The van der Waals surface area contributed by atoms with Crippen molar-refractivity contribution in [2.24, 2.45) is 4.99 Å². The summed E-state index contributed by atoms with van der Waals surface area (Å²) in [5.41, 5.74) is 0. The lowest BCUT2D eigenvalue weighted by molar-refractivity contribution is 0.0914. The van der Waals surface area contributed by atoms with Gasteiger partial charge in [-0.1, -0.05) is 0 Å². The van der Waals surface area contributed by atoms with E-state index in [1.54, 1.807) is 11.2 Å². The van der Waals surface area contributed by atoms with Crippen molar-refractivity contribution < 1.29 is 13.9 Å². The SMILES string of the molecule is CCNC(=NCc1ccco1)N1CCN(C(=O)OCC)CC1.I. The van der Waals surface area contributed by atoms with Gasteiger partial charge in [0.25, 0.3) is 0 Å². The van der Waals surface area contributed by atoms with Crippen LogP contribution in [0.2, 0.25) is 0 Å². The Balaban J connectivity index is 0.00000264. The molecule has 0 aliphatic carbocycles. The van der Waals surface area contributed by atoms with Crippen LogP contribution in [0.4, 0.5) is 4.79 Å². The fraction of sp³-hybridized carbons (Fsp3) is 0.600. The zero-order valence-corrected chi connectivity index (χ0v) is 16.0. The van der Waals surface area contributed by atoms with Crippen LogP contribution in [0.25, 0.3) is 0 Å². The first-order chi connectivity index (χ1) is 10.7. The number of piperazine rings is 1. The number of nitrogens with one attached hydrogen (secondary N) is 1. The monoisotopic (exact) mass is 436 g/mol. The van der Waals surface area contributed by atoms with Crippen molar-refractivity contribution in [3.63, 3.8) is 0 Å². The molecule has 0 atom stereocenters. The van der Waals surface area contributed by atoms with Gasteiger partial charge in [0.2, 0.25) is 0 Å². The molecule has 1 fully saturated rings. The van der Waals surface area contributed by atoms with Crippen LogP contribution in [-0.4, -0.2) is 61.2 Å². The number of halogens is 1. The fourth-order valence-electron chi connectivity index (χ4n) is 2.30. The number of carbonyl (C=O) groups is 1. The Labute approximate surface area is 154 Å². The Morgan fingerprint density at radius 1 is 1.30 bits per heavy atom. The molecule has 0 bridgehead atoms. The highest BCUT2D eigenvalue weighted by Gasteiger charge is 2.23. The highest BCUT2D eigenvalue weighted by atomic mass is 127. The van der Waals surface area contributed by atoms with Crippen LogP contribution in [0.1, 0.15) is 19.6 Å². The maximum absolute atomic E-state index is 11.7. The topological polar surface area (TPSA) is 70.3 Å². The molecule has 0 aromatic carbocycles. The number of carbonyl (C=O) groups excluding carboxylic acids is 1. The smallest absolute Gasteiger partial charge is 0.409 e. The standard InChI is InChI=1S/C15H24N4O3.HI/c1-3-16-14(17-12-13-6-5-11-22-13)18-7-9-19(10-8-18)15(20)21-4-2;/h5-6,11H,3-4,7-10,12H2,1-2H3,(H,16,17);1H. The molecule has 1 saturated heterocycles. The highest BCUT2D eigenvalue weighted by Crippen LogP contribution is 2.06. The van der Waals surface area contributed by atoms with E-state index in [9.17, 15) is 4.79 Å². The summed E-state index contributed by atoms with van der Waals surface area (Å²) in [7, 11) is 0. The van der Waals surface area contributed by atoms with Crippen molar-refractivity contribution in [2.75, 3.05) is 39.3 Å². The molecule has 1 amide bonds. The van der Waals surface area contributed by atoms with Gasteiger partial charge in [0.15, 0.2) is 5.96 Å². The Bertz CT molecular complexity index is 485. The molecule has 0 saturated carbocycles. The van der Waals surface area contributed by atoms with Gasteiger partial charge in [-0.3, -0.25) is 0 Å². The average Bonchev–Trinajstić information content (AvgIpc) is 3.05. The zero-order chi connectivity index (χ0) is 15.8. The predicted octanol–water partition coefficient (Wildman–Crippen LogP) is 2.14. The number of amides is 1. The Morgan fingerprint density at radius 3 is 2.57 bits per heavy atom. The summed E-state index contributed by atoms with van der Waals surface area (Å²) < 4.78 is 10.3. The Morgan fingerprint density at radius 2 is 2.00 bits per heavy atom. The maximum atomic E-state index is 11.7. The minimum Gasteiger partial charge on any atom is -0.467 e. The third kappa shape index (κ3) is 5.92. The van der Waals surface area contributed by atoms with Gasteiger partial charge in [-0.15, -0.1) is 24.0 Å². The first kappa shape index (κ1) is 19.6. The van der Waals surface area contributed by atoms with E-state index in [-0.39, 0.29) is 30.1 Å². The van der Waals surface area contributed by atoms with Crippen LogP contribution in [0.3, 0.4) is 0 Å². The highest BCUT2D eigenvalue weighted by molar-refractivity contribution is 14.0. The lowest BCUT2D eigenvalue weighted by Gasteiger charge is -2.35. The average molecular weight is 436 g/mol. The van der Waals surface area contributed by atoms with E-state index in [0.29, 0.717) is 26.2 Å². The van der Waals surface area contributed by atoms with E-state index in [1.807, 2.05) is 26.0 Å². The number of hydrogen-bond donors (Lipinski definition) is 1. The summed E-state index contributed by atoms with van der Waals surface area (Å²) in [5, 5.41) is 3.28. The van der Waals surface area contributed by atoms with E-state index in [4.69, 9.17) is 9.15 Å². The minimum absolute atomic E-state index is 0. The van der Waals surface area contributed by atoms with Gasteiger partial charge >= 0.3 is 6.09 Å². The van der Waals surface area contributed by atoms with Crippen molar-refractivity contribution in [3.8, 4) is 0 Å². The van der Waals surface area contributed by atoms with E-state index in [1.165, 1.54) is 0 Å². The summed E-state index contributed by atoms with van der Waals surface area (Å²) in [6, 6.07) is 3.77. The van der Waals surface area contributed by atoms with E-state index < -0.39 is 0 Å². The molecule has 7 nitrogen and oxygen atoms in total. The Kier molecular flexibility index (Phi) is 8.82. The van der Waals surface area contributed by atoms with Crippen molar-refractivity contribution in [1.29, 1.82) is 0 Å². The zero-order valence-electron chi connectivity index (χ0n) is 13.7. The van der Waals surface area contributed by atoms with Gasteiger partial charge in [-0.2, -0.15) is 0 Å². The number of ether oxygens (including phenoxy) is 1. The Hall–Kier alpha value is -1.45. The molecule has 2 rings (SSSR count). The van der Waals surface area contributed by atoms with Gasteiger partial charge in [-0.05, 0) is 26.0 Å². The molecule has 1 aromatic rings. The third-order valence-electron chi connectivity index (χ3n) is 3.40. The molecule has 130 valence electrons. The van der Waals surface area contributed by atoms with Crippen molar-refractivity contribution >= 4 is 36.0 Å². The summed E-state index contributed by atoms with van der Waals surface area (Å²) in [6.45, 7) is 8.34. The number of rotatable bonds is 4. The predicted molar refractivity (Wildman–Crippen MR) is 99.1 cm³/mol. The second kappa shape index (κ2) is 10.3. The van der Waals surface area contributed by atoms with Crippen molar-refractivity contribution in [2.45, 2.75) is 20.4 Å². The second-order valence-electron chi connectivity index (χ2n) is 4.92. The van der Waals surface area contributed by atoms with Gasteiger partial charge < -0.3 is 24.3 Å². The number of guanidine groups is 1. The van der Waals surface area contributed by atoms with Crippen LogP contribution in [0, 0.1) is 0 Å². The summed E-state index contributed by atoms with van der Waals surface area (Å²) >= 11 is 0. The summed E-state index contributed by atoms with van der Waals surface area (Å²) in [5.74, 6) is 1.68. The van der Waals surface area contributed by atoms with Crippen LogP contribution >= 0.6 is 24.0 Å². The molecule has 8 heteroatoms. The lowest BCUT2D eigenvalue weighted by atomic mass is 10.3.